The lowest BCUT2D eigenvalue weighted by molar-refractivity contribution is -0.132. The molecule has 0 atom stereocenters. The Labute approximate surface area is 102 Å². The van der Waals surface area contributed by atoms with E-state index in [1.807, 2.05) is 0 Å². The van der Waals surface area contributed by atoms with E-state index in [1.165, 1.54) is 0 Å². The average molecular weight is 331 g/mol. The molecule has 0 saturated heterocycles. The second kappa shape index (κ2) is 4.84. The molecule has 0 fully saturated rings. The molecule has 1 N–H and O–H groups in total. The number of aliphatic carboxylic acids is 1. The van der Waals surface area contributed by atoms with E-state index >= 15 is 0 Å². The maximum absolute atomic E-state index is 11.1. The molecule has 0 unspecified atom stereocenters. The van der Waals surface area contributed by atoms with Gasteiger partial charge < -0.3 is 5.11 Å². The van der Waals surface area contributed by atoms with Crippen molar-refractivity contribution in [3.8, 4) is 0 Å². The number of allylic oxidation sites excluding steroid dienone is 1. The first-order valence-corrected chi connectivity index (χ1v) is 4.88. The maximum Gasteiger partial charge on any atom is 0.348 e. The Morgan fingerprint density at radius 2 is 1.54 bits per heavy atom. The van der Waals surface area contributed by atoms with Crippen molar-refractivity contribution in [2.75, 3.05) is 0 Å². The third-order valence-corrected chi connectivity index (χ3v) is 2.35. The third-order valence-electron chi connectivity index (χ3n) is 0.837. The molecule has 74 valence electrons. The SMILES string of the molecule is O=C(O)C(Cl)=C(Cl)C(=O)C(Cl)(Cl)Br. The smallest absolute Gasteiger partial charge is 0.348 e. The molecule has 0 saturated carbocycles. The minimum atomic E-state index is -1.97. The van der Waals surface area contributed by atoms with Crippen molar-refractivity contribution in [3.63, 3.8) is 0 Å². The van der Waals surface area contributed by atoms with Crippen LogP contribution in [0, 0.1) is 0 Å². The summed E-state index contributed by atoms with van der Waals surface area (Å²) in [4.78, 5) is 21.3. The lowest BCUT2D eigenvalue weighted by Gasteiger charge is -2.08. The number of halogens is 5. The molecular weight excluding hydrogens is 330 g/mol. The molecule has 8 heteroatoms. The monoisotopic (exact) mass is 328 g/mol. The van der Waals surface area contributed by atoms with Crippen LogP contribution in [0.1, 0.15) is 0 Å². The average Bonchev–Trinajstić information content (AvgIpc) is 1.98. The van der Waals surface area contributed by atoms with E-state index in [0.717, 1.165) is 0 Å². The highest BCUT2D eigenvalue weighted by Gasteiger charge is 2.34. The van der Waals surface area contributed by atoms with Crippen LogP contribution in [-0.4, -0.2) is 20.1 Å². The summed E-state index contributed by atoms with van der Waals surface area (Å²) in [5, 5.41) is 6.76. The van der Waals surface area contributed by atoms with Crippen LogP contribution in [0.15, 0.2) is 10.1 Å². The van der Waals surface area contributed by atoms with E-state index in [1.54, 1.807) is 0 Å². The van der Waals surface area contributed by atoms with Crippen LogP contribution in [0.5, 0.6) is 0 Å². The number of carboxylic acid groups (broad SMARTS) is 1. The summed E-state index contributed by atoms with van der Waals surface area (Å²) in [5.41, 5.74) is 0. The van der Waals surface area contributed by atoms with Crippen molar-refractivity contribution in [1.82, 2.24) is 0 Å². The highest BCUT2D eigenvalue weighted by atomic mass is 79.9. The molecule has 0 heterocycles. The van der Waals surface area contributed by atoms with Gasteiger partial charge in [0.25, 0.3) is 0 Å². The molecule has 0 bridgehead atoms. The van der Waals surface area contributed by atoms with Crippen LogP contribution >= 0.6 is 62.3 Å². The fraction of sp³-hybridized carbons (Fsp3) is 0.200. The van der Waals surface area contributed by atoms with E-state index < -0.39 is 25.1 Å². The highest BCUT2D eigenvalue weighted by Crippen LogP contribution is 2.34. The summed E-state index contributed by atoms with van der Waals surface area (Å²) in [6.45, 7) is 0. The van der Waals surface area contributed by atoms with Crippen LogP contribution in [0.25, 0.3) is 0 Å². The van der Waals surface area contributed by atoms with E-state index in [2.05, 4.69) is 15.9 Å². The van der Waals surface area contributed by atoms with E-state index in [9.17, 15) is 9.59 Å². The van der Waals surface area contributed by atoms with Crippen LogP contribution in [-0.2, 0) is 9.59 Å². The van der Waals surface area contributed by atoms with Gasteiger partial charge in [-0.25, -0.2) is 4.79 Å². The Hall–Kier alpha value is 0.520. The zero-order chi connectivity index (χ0) is 10.8. The number of rotatable bonds is 3. The standard InChI is InChI=1S/C5HBrCl4O3/c6-5(9,10)3(11)1(7)2(8)4(12)13/h(H,12,13). The Morgan fingerprint density at radius 1 is 1.15 bits per heavy atom. The number of carbonyl (C=O) groups is 2. The molecule has 0 aromatic carbocycles. The molecule has 0 aliphatic carbocycles. The largest absolute Gasteiger partial charge is 0.477 e. The Morgan fingerprint density at radius 3 is 1.77 bits per heavy atom. The summed E-state index contributed by atoms with van der Waals surface area (Å²) < 4.78 is -1.97. The Bertz CT molecular complexity index is 280. The Kier molecular flexibility index (Phi) is 5.04. The first kappa shape index (κ1) is 13.5. The number of hydrogen-bond acceptors (Lipinski definition) is 2. The molecule has 0 aromatic rings. The van der Waals surface area contributed by atoms with Crippen molar-refractivity contribution >= 4 is 74.1 Å². The predicted molar refractivity (Wildman–Crippen MR) is 54.7 cm³/mol. The van der Waals surface area contributed by atoms with E-state index in [0.29, 0.717) is 0 Å². The van der Waals surface area contributed by atoms with Crippen LogP contribution in [0.2, 0.25) is 0 Å². The first-order chi connectivity index (χ1) is 5.68. The van der Waals surface area contributed by atoms with Crippen LogP contribution in [0.4, 0.5) is 0 Å². The maximum atomic E-state index is 11.1. The molecule has 0 spiro atoms. The van der Waals surface area contributed by atoms with Gasteiger partial charge in [0.1, 0.15) is 10.1 Å². The molecule has 0 rings (SSSR count). The number of hydrogen-bond donors (Lipinski definition) is 1. The lowest BCUT2D eigenvalue weighted by Crippen LogP contribution is -2.19. The molecule has 0 aliphatic rings. The van der Waals surface area contributed by atoms with Gasteiger partial charge in [0, 0.05) is 0 Å². The quantitative estimate of drug-likeness (QED) is 0.639. The van der Waals surface area contributed by atoms with E-state index in [4.69, 9.17) is 51.5 Å². The van der Waals surface area contributed by atoms with Gasteiger partial charge in [0.15, 0.2) is 0 Å². The van der Waals surface area contributed by atoms with Gasteiger partial charge in [0.05, 0.1) is 0 Å². The number of ketones is 1. The number of carbonyl (C=O) groups excluding carboxylic acids is 1. The normalized spacial score (nSPS) is 13.6. The fourth-order valence-electron chi connectivity index (χ4n) is 0.318. The summed E-state index contributed by atoms with van der Waals surface area (Å²) in [7, 11) is 0. The topological polar surface area (TPSA) is 54.4 Å². The van der Waals surface area contributed by atoms with Crippen molar-refractivity contribution < 1.29 is 14.7 Å². The fourth-order valence-corrected chi connectivity index (χ4v) is 1.22. The lowest BCUT2D eigenvalue weighted by atomic mass is 10.4. The second-order valence-electron chi connectivity index (χ2n) is 1.76. The Balaban J connectivity index is 5.01. The number of carboxylic acids is 1. The molecule has 0 aliphatic heterocycles. The van der Waals surface area contributed by atoms with Crippen LogP contribution in [0.3, 0.4) is 0 Å². The zero-order valence-electron chi connectivity index (χ0n) is 5.65. The number of alkyl halides is 3. The van der Waals surface area contributed by atoms with Gasteiger partial charge in [-0.3, -0.25) is 4.79 Å². The minimum absolute atomic E-state index is 0.740. The molecular formula is C5HBrCl4O3. The van der Waals surface area contributed by atoms with Crippen molar-refractivity contribution in [2.45, 2.75) is 3.24 Å². The van der Waals surface area contributed by atoms with Gasteiger partial charge in [-0.2, -0.15) is 0 Å². The van der Waals surface area contributed by atoms with Crippen molar-refractivity contribution in [2.24, 2.45) is 0 Å². The van der Waals surface area contributed by atoms with Gasteiger partial charge >= 0.3 is 5.97 Å². The zero-order valence-corrected chi connectivity index (χ0v) is 10.3. The molecule has 3 nitrogen and oxygen atoms in total. The first-order valence-electron chi connectivity index (χ1n) is 2.58. The summed E-state index contributed by atoms with van der Waals surface area (Å²) in [5.74, 6) is -2.57. The third kappa shape index (κ3) is 4.04. The van der Waals surface area contributed by atoms with E-state index in [-0.39, 0.29) is 0 Å². The predicted octanol–water partition coefficient (Wildman–Crippen LogP) is 2.86. The summed E-state index contributed by atoms with van der Waals surface area (Å²) in [6, 6.07) is 0. The molecule has 0 amide bonds. The van der Waals surface area contributed by atoms with Crippen molar-refractivity contribution in [3.05, 3.63) is 10.1 Å². The second-order valence-corrected chi connectivity index (χ2v) is 5.95. The van der Waals surface area contributed by atoms with Crippen LogP contribution < -0.4 is 0 Å². The molecule has 13 heavy (non-hydrogen) atoms. The summed E-state index contributed by atoms with van der Waals surface area (Å²) >= 11 is 23.6. The van der Waals surface area contributed by atoms with Gasteiger partial charge in [0.2, 0.25) is 9.03 Å². The minimum Gasteiger partial charge on any atom is -0.477 e. The van der Waals surface area contributed by atoms with Gasteiger partial charge in [-0.15, -0.1) is 0 Å². The summed E-state index contributed by atoms with van der Waals surface area (Å²) in [6.07, 6.45) is 0. The van der Waals surface area contributed by atoms with Crippen molar-refractivity contribution in [1.29, 1.82) is 0 Å². The molecule has 0 aromatic heterocycles. The highest BCUT2D eigenvalue weighted by molar-refractivity contribution is 9.11. The van der Waals surface area contributed by atoms with Gasteiger partial charge in [-0.1, -0.05) is 46.4 Å². The number of Topliss-reactive ketones (excluding diaryl/α,β-unsaturated/α-hetero) is 1. The van der Waals surface area contributed by atoms with Gasteiger partial charge in [-0.05, 0) is 15.9 Å². The molecule has 0 radical (unpaired) electrons.